The molecule has 2 aromatic heterocycles. The summed E-state index contributed by atoms with van der Waals surface area (Å²) in [5, 5.41) is 14.7. The highest BCUT2D eigenvalue weighted by Gasteiger charge is 2.28. The molecule has 3 rings (SSSR count). The molecule has 0 radical (unpaired) electrons. The van der Waals surface area contributed by atoms with E-state index in [9.17, 15) is 4.79 Å². The summed E-state index contributed by atoms with van der Waals surface area (Å²) in [5.74, 6) is 1.22. The van der Waals surface area contributed by atoms with E-state index in [0.717, 1.165) is 31.6 Å². The van der Waals surface area contributed by atoms with E-state index < -0.39 is 0 Å². The first-order valence-corrected chi connectivity index (χ1v) is 7.72. The Kier molecular flexibility index (Phi) is 4.17. The van der Waals surface area contributed by atoms with E-state index in [1.54, 1.807) is 10.9 Å². The third kappa shape index (κ3) is 2.86. The fourth-order valence-corrected chi connectivity index (χ4v) is 2.85. The van der Waals surface area contributed by atoms with E-state index >= 15 is 0 Å². The Labute approximate surface area is 128 Å². The molecule has 8 nitrogen and oxygen atoms in total. The maximum Gasteiger partial charge on any atom is 0.231 e. The summed E-state index contributed by atoms with van der Waals surface area (Å²) in [6.07, 6.45) is 6.46. The molecule has 118 valence electrons. The van der Waals surface area contributed by atoms with Gasteiger partial charge in [-0.25, -0.2) is 9.67 Å². The summed E-state index contributed by atoms with van der Waals surface area (Å²) >= 11 is 0. The Morgan fingerprint density at radius 3 is 3.14 bits per heavy atom. The molecule has 1 amide bonds. The second-order valence-electron chi connectivity index (χ2n) is 5.87. The minimum atomic E-state index is -0.278. The Morgan fingerprint density at radius 2 is 2.32 bits per heavy atom. The van der Waals surface area contributed by atoms with E-state index in [-0.39, 0.29) is 11.8 Å². The molecule has 0 aliphatic carbocycles. The lowest BCUT2D eigenvalue weighted by Gasteiger charge is -2.15. The van der Waals surface area contributed by atoms with Crippen LogP contribution in [0.2, 0.25) is 0 Å². The van der Waals surface area contributed by atoms with Gasteiger partial charge >= 0.3 is 0 Å². The standard InChI is InChI=1S/C14H21N7O/c1-10(2)20-8-6-15-12(20)9-16-14(22)11-5-3-4-7-21-13(11)17-18-19-21/h6,8,10-11H,3-5,7,9H2,1-2H3,(H,16,22). The number of aromatic nitrogens is 6. The van der Waals surface area contributed by atoms with Crippen LogP contribution < -0.4 is 5.32 Å². The predicted octanol–water partition coefficient (Wildman–Crippen LogP) is 1.03. The quantitative estimate of drug-likeness (QED) is 0.911. The molecule has 0 saturated carbocycles. The number of carbonyl (C=O) groups is 1. The summed E-state index contributed by atoms with van der Waals surface area (Å²) < 4.78 is 3.80. The lowest BCUT2D eigenvalue weighted by molar-refractivity contribution is -0.123. The third-order valence-corrected chi connectivity index (χ3v) is 4.03. The zero-order valence-electron chi connectivity index (χ0n) is 12.9. The fraction of sp³-hybridized carbons (Fsp3) is 0.643. The summed E-state index contributed by atoms with van der Waals surface area (Å²) in [7, 11) is 0. The Balaban J connectivity index is 1.69. The molecule has 2 aromatic rings. The first-order valence-electron chi connectivity index (χ1n) is 7.72. The van der Waals surface area contributed by atoms with Crippen molar-refractivity contribution >= 4 is 5.91 Å². The van der Waals surface area contributed by atoms with Crippen molar-refractivity contribution in [1.29, 1.82) is 0 Å². The van der Waals surface area contributed by atoms with Crippen molar-refractivity contribution in [3.63, 3.8) is 0 Å². The van der Waals surface area contributed by atoms with Crippen molar-refractivity contribution in [3.05, 3.63) is 24.0 Å². The van der Waals surface area contributed by atoms with Crippen LogP contribution in [-0.4, -0.2) is 35.7 Å². The number of aryl methyl sites for hydroxylation is 1. The van der Waals surface area contributed by atoms with Gasteiger partial charge in [-0.2, -0.15) is 0 Å². The zero-order valence-corrected chi connectivity index (χ0v) is 12.9. The van der Waals surface area contributed by atoms with Crippen LogP contribution in [0.25, 0.3) is 0 Å². The molecule has 1 aliphatic heterocycles. The van der Waals surface area contributed by atoms with E-state index in [0.29, 0.717) is 18.4 Å². The van der Waals surface area contributed by atoms with Gasteiger partial charge in [-0.3, -0.25) is 4.79 Å². The largest absolute Gasteiger partial charge is 0.348 e. The molecule has 1 unspecified atom stereocenters. The van der Waals surface area contributed by atoms with Crippen LogP contribution >= 0.6 is 0 Å². The van der Waals surface area contributed by atoms with Gasteiger partial charge in [-0.05, 0) is 37.1 Å². The second-order valence-corrected chi connectivity index (χ2v) is 5.87. The number of amides is 1. The highest BCUT2D eigenvalue weighted by Crippen LogP contribution is 2.24. The predicted molar refractivity (Wildman–Crippen MR) is 78.9 cm³/mol. The molecule has 0 aromatic carbocycles. The number of tetrazole rings is 1. The summed E-state index contributed by atoms with van der Waals surface area (Å²) in [5.41, 5.74) is 0. The van der Waals surface area contributed by atoms with Crippen LogP contribution in [-0.2, 0) is 17.9 Å². The van der Waals surface area contributed by atoms with Crippen molar-refractivity contribution in [2.24, 2.45) is 0 Å². The summed E-state index contributed by atoms with van der Waals surface area (Å²) in [6.45, 7) is 5.38. The topological polar surface area (TPSA) is 90.5 Å². The first kappa shape index (κ1) is 14.7. The molecular formula is C14H21N7O. The van der Waals surface area contributed by atoms with Crippen LogP contribution in [0, 0.1) is 0 Å². The maximum absolute atomic E-state index is 12.5. The van der Waals surface area contributed by atoms with Crippen molar-refractivity contribution in [1.82, 2.24) is 35.1 Å². The van der Waals surface area contributed by atoms with Gasteiger partial charge < -0.3 is 9.88 Å². The Bertz CT molecular complexity index is 645. The summed E-state index contributed by atoms with van der Waals surface area (Å²) in [6, 6.07) is 0.319. The lowest BCUT2D eigenvalue weighted by atomic mass is 10.0. The van der Waals surface area contributed by atoms with Gasteiger partial charge in [0, 0.05) is 25.0 Å². The van der Waals surface area contributed by atoms with Crippen LogP contribution in [0.3, 0.4) is 0 Å². The normalized spacial score (nSPS) is 18.0. The first-order chi connectivity index (χ1) is 10.7. The van der Waals surface area contributed by atoms with E-state index in [1.165, 1.54) is 0 Å². The number of rotatable bonds is 4. The monoisotopic (exact) mass is 303 g/mol. The average Bonchev–Trinajstić information content (AvgIpc) is 3.10. The molecule has 1 atom stereocenters. The van der Waals surface area contributed by atoms with Gasteiger partial charge in [0.2, 0.25) is 5.91 Å². The van der Waals surface area contributed by atoms with Crippen molar-refractivity contribution < 1.29 is 4.79 Å². The van der Waals surface area contributed by atoms with Crippen molar-refractivity contribution in [2.75, 3.05) is 0 Å². The smallest absolute Gasteiger partial charge is 0.231 e. The highest BCUT2D eigenvalue weighted by atomic mass is 16.1. The molecular weight excluding hydrogens is 282 g/mol. The van der Waals surface area contributed by atoms with Gasteiger partial charge in [0.1, 0.15) is 5.82 Å². The van der Waals surface area contributed by atoms with Gasteiger partial charge in [-0.1, -0.05) is 6.42 Å². The van der Waals surface area contributed by atoms with Crippen molar-refractivity contribution in [3.8, 4) is 0 Å². The van der Waals surface area contributed by atoms with Crippen LogP contribution in [0.5, 0.6) is 0 Å². The van der Waals surface area contributed by atoms with E-state index in [4.69, 9.17) is 0 Å². The fourth-order valence-electron chi connectivity index (χ4n) is 2.85. The third-order valence-electron chi connectivity index (χ3n) is 4.03. The van der Waals surface area contributed by atoms with Crippen LogP contribution in [0.15, 0.2) is 12.4 Å². The number of carbonyl (C=O) groups excluding carboxylic acids is 1. The number of hydrogen-bond donors (Lipinski definition) is 1. The molecule has 0 fully saturated rings. The van der Waals surface area contributed by atoms with Crippen molar-refractivity contribution in [2.45, 2.75) is 58.2 Å². The molecule has 8 heteroatoms. The zero-order chi connectivity index (χ0) is 15.5. The number of nitrogens with zero attached hydrogens (tertiary/aromatic N) is 6. The van der Waals surface area contributed by atoms with Crippen LogP contribution in [0.1, 0.15) is 56.7 Å². The highest BCUT2D eigenvalue weighted by molar-refractivity contribution is 5.82. The maximum atomic E-state index is 12.5. The number of imidazole rings is 1. The van der Waals surface area contributed by atoms with Gasteiger partial charge in [0.05, 0.1) is 12.5 Å². The number of hydrogen-bond acceptors (Lipinski definition) is 5. The second kappa shape index (κ2) is 6.25. The summed E-state index contributed by atoms with van der Waals surface area (Å²) in [4.78, 5) is 16.8. The molecule has 1 N–H and O–H groups in total. The molecule has 22 heavy (non-hydrogen) atoms. The lowest BCUT2D eigenvalue weighted by Crippen LogP contribution is -2.31. The van der Waals surface area contributed by atoms with Crippen LogP contribution in [0.4, 0.5) is 0 Å². The van der Waals surface area contributed by atoms with Gasteiger partial charge in [-0.15, -0.1) is 5.10 Å². The Hall–Kier alpha value is -2.25. The molecule has 0 spiro atoms. The molecule has 1 aliphatic rings. The Morgan fingerprint density at radius 1 is 1.45 bits per heavy atom. The minimum absolute atomic E-state index is 0.0312. The number of nitrogens with one attached hydrogen (secondary N) is 1. The van der Waals surface area contributed by atoms with E-state index in [2.05, 4.69) is 44.2 Å². The molecule has 0 bridgehead atoms. The minimum Gasteiger partial charge on any atom is -0.348 e. The van der Waals surface area contributed by atoms with Gasteiger partial charge in [0.25, 0.3) is 0 Å². The SMILES string of the molecule is CC(C)n1ccnc1CNC(=O)C1CCCCn2nnnc21. The number of fused-ring (bicyclic) bond motifs is 1. The molecule has 3 heterocycles. The van der Waals surface area contributed by atoms with Gasteiger partial charge in [0.15, 0.2) is 5.82 Å². The average molecular weight is 303 g/mol. The van der Waals surface area contributed by atoms with E-state index in [1.807, 2.05) is 6.20 Å². The molecule has 0 saturated heterocycles.